The molecule has 3 heterocycles. The van der Waals surface area contributed by atoms with E-state index in [0.29, 0.717) is 5.95 Å². The summed E-state index contributed by atoms with van der Waals surface area (Å²) >= 11 is 0. The van der Waals surface area contributed by atoms with Crippen LogP contribution in [0.15, 0.2) is 24.8 Å². The second-order valence-corrected chi connectivity index (χ2v) is 5.79. The number of anilines is 3. The van der Waals surface area contributed by atoms with Gasteiger partial charge in [-0.2, -0.15) is 0 Å². The Hall–Kier alpha value is -2.51. The van der Waals surface area contributed by atoms with E-state index in [1.54, 1.807) is 6.33 Å². The molecule has 7 nitrogen and oxygen atoms in total. The lowest BCUT2D eigenvalue weighted by molar-refractivity contribution is 0.519. The van der Waals surface area contributed by atoms with Crippen LogP contribution in [-0.4, -0.2) is 53.2 Å². The van der Waals surface area contributed by atoms with Crippen molar-refractivity contribution < 1.29 is 4.39 Å². The zero-order chi connectivity index (χ0) is 16.2. The highest BCUT2D eigenvalue weighted by molar-refractivity contribution is 5.48. The van der Waals surface area contributed by atoms with Crippen LogP contribution < -0.4 is 15.1 Å². The fraction of sp³-hybridized carbons (Fsp3) is 0.467. The quantitative estimate of drug-likeness (QED) is 0.917. The van der Waals surface area contributed by atoms with Crippen molar-refractivity contribution in [2.24, 2.45) is 0 Å². The molecule has 1 unspecified atom stereocenters. The minimum Gasteiger partial charge on any atom is -0.365 e. The van der Waals surface area contributed by atoms with Gasteiger partial charge in [-0.3, -0.25) is 0 Å². The molecular formula is C15H20FN7. The summed E-state index contributed by atoms with van der Waals surface area (Å²) in [6.07, 6.45) is 6.02. The molecule has 2 aromatic heterocycles. The molecule has 1 N–H and O–H groups in total. The number of aromatic nitrogens is 4. The molecule has 1 fully saturated rings. The van der Waals surface area contributed by atoms with Gasteiger partial charge in [-0.15, -0.1) is 0 Å². The number of halogens is 1. The Labute approximate surface area is 134 Å². The van der Waals surface area contributed by atoms with Crippen molar-refractivity contribution in [2.75, 3.05) is 42.3 Å². The third-order valence-electron chi connectivity index (χ3n) is 3.77. The Balaban J connectivity index is 1.67. The fourth-order valence-electron chi connectivity index (χ4n) is 2.63. The Morgan fingerprint density at radius 1 is 1.22 bits per heavy atom. The van der Waals surface area contributed by atoms with Gasteiger partial charge in [0.2, 0.25) is 5.95 Å². The van der Waals surface area contributed by atoms with Crippen molar-refractivity contribution in [3.8, 4) is 0 Å². The molecule has 0 bridgehead atoms. The molecule has 3 rings (SSSR count). The van der Waals surface area contributed by atoms with Crippen molar-refractivity contribution in [1.29, 1.82) is 0 Å². The van der Waals surface area contributed by atoms with E-state index < -0.39 is 5.82 Å². The van der Waals surface area contributed by atoms with E-state index >= 15 is 0 Å². The molecule has 0 radical (unpaired) electrons. The van der Waals surface area contributed by atoms with Gasteiger partial charge in [-0.1, -0.05) is 0 Å². The van der Waals surface area contributed by atoms with Crippen molar-refractivity contribution >= 4 is 17.6 Å². The molecule has 23 heavy (non-hydrogen) atoms. The van der Waals surface area contributed by atoms with Crippen LogP contribution in [0.3, 0.4) is 0 Å². The van der Waals surface area contributed by atoms with Gasteiger partial charge in [0.15, 0.2) is 5.82 Å². The number of nitrogens with zero attached hydrogens (tertiary/aromatic N) is 6. The molecule has 1 aliphatic rings. The van der Waals surface area contributed by atoms with E-state index in [4.69, 9.17) is 0 Å². The molecule has 0 amide bonds. The van der Waals surface area contributed by atoms with Crippen LogP contribution in [0.4, 0.5) is 22.0 Å². The van der Waals surface area contributed by atoms with Crippen LogP contribution >= 0.6 is 0 Å². The summed E-state index contributed by atoms with van der Waals surface area (Å²) in [6, 6.07) is 2.16. The molecular weight excluding hydrogens is 297 g/mol. The van der Waals surface area contributed by atoms with Crippen LogP contribution in [0.25, 0.3) is 0 Å². The normalized spacial score (nSPS) is 17.9. The van der Waals surface area contributed by atoms with Crippen LogP contribution in [0.1, 0.15) is 12.8 Å². The van der Waals surface area contributed by atoms with Gasteiger partial charge in [0, 0.05) is 39.3 Å². The monoisotopic (exact) mass is 317 g/mol. The average Bonchev–Trinajstić information content (AvgIpc) is 2.56. The van der Waals surface area contributed by atoms with Gasteiger partial charge >= 0.3 is 0 Å². The first-order chi connectivity index (χ1) is 11.1. The number of rotatable bonds is 4. The molecule has 0 aliphatic carbocycles. The Morgan fingerprint density at radius 2 is 2.00 bits per heavy atom. The standard InChI is InChI=1S/C15H20FN7/c1-22(2)14-6-13(19-10-20-14)21-12-4-3-5-23(9-12)15-17-7-11(16)8-18-15/h6-8,10,12H,3-5,9H2,1-2H3,(H,19,20,21). The van der Waals surface area contributed by atoms with Gasteiger partial charge in [0.1, 0.15) is 18.0 Å². The second kappa shape index (κ2) is 6.72. The maximum absolute atomic E-state index is 12.9. The SMILES string of the molecule is CN(C)c1cc(NC2CCCN(c3ncc(F)cn3)C2)ncn1. The van der Waals surface area contributed by atoms with E-state index in [2.05, 4.69) is 30.2 Å². The minimum atomic E-state index is -0.419. The molecule has 122 valence electrons. The van der Waals surface area contributed by atoms with Gasteiger partial charge in [0.05, 0.1) is 12.4 Å². The largest absolute Gasteiger partial charge is 0.365 e. The first-order valence-electron chi connectivity index (χ1n) is 7.60. The van der Waals surface area contributed by atoms with Crippen molar-refractivity contribution in [3.05, 3.63) is 30.6 Å². The van der Waals surface area contributed by atoms with Crippen molar-refractivity contribution in [1.82, 2.24) is 19.9 Å². The second-order valence-electron chi connectivity index (χ2n) is 5.79. The minimum absolute atomic E-state index is 0.238. The summed E-state index contributed by atoms with van der Waals surface area (Å²) in [7, 11) is 3.89. The zero-order valence-corrected chi connectivity index (χ0v) is 13.3. The lowest BCUT2D eigenvalue weighted by atomic mass is 10.1. The summed E-state index contributed by atoms with van der Waals surface area (Å²) in [5.41, 5.74) is 0. The summed E-state index contributed by atoms with van der Waals surface area (Å²) < 4.78 is 12.9. The predicted octanol–water partition coefficient (Wildman–Crippen LogP) is 1.55. The lowest BCUT2D eigenvalue weighted by Crippen LogP contribution is -2.43. The third-order valence-corrected chi connectivity index (χ3v) is 3.77. The average molecular weight is 317 g/mol. The zero-order valence-electron chi connectivity index (χ0n) is 13.3. The number of hydrogen-bond donors (Lipinski definition) is 1. The highest BCUT2D eigenvalue weighted by Crippen LogP contribution is 2.19. The van der Waals surface area contributed by atoms with Gasteiger partial charge in [0.25, 0.3) is 0 Å². The van der Waals surface area contributed by atoms with Crippen LogP contribution in [0.2, 0.25) is 0 Å². The predicted molar refractivity (Wildman–Crippen MR) is 87.2 cm³/mol. The van der Waals surface area contributed by atoms with Crippen LogP contribution in [0, 0.1) is 5.82 Å². The Bertz CT molecular complexity index is 647. The number of hydrogen-bond acceptors (Lipinski definition) is 7. The third kappa shape index (κ3) is 3.82. The maximum Gasteiger partial charge on any atom is 0.225 e. The summed E-state index contributed by atoms with van der Waals surface area (Å²) in [5, 5.41) is 3.44. The molecule has 1 aliphatic heterocycles. The van der Waals surface area contributed by atoms with Gasteiger partial charge < -0.3 is 15.1 Å². The first-order valence-corrected chi connectivity index (χ1v) is 7.60. The van der Waals surface area contributed by atoms with E-state index in [0.717, 1.165) is 37.6 Å². The smallest absolute Gasteiger partial charge is 0.225 e. The lowest BCUT2D eigenvalue weighted by Gasteiger charge is -2.33. The van der Waals surface area contributed by atoms with Gasteiger partial charge in [-0.25, -0.2) is 24.3 Å². The Morgan fingerprint density at radius 3 is 2.74 bits per heavy atom. The molecule has 0 aromatic carbocycles. The molecule has 2 aromatic rings. The maximum atomic E-state index is 12.9. The van der Waals surface area contributed by atoms with Crippen LogP contribution in [-0.2, 0) is 0 Å². The van der Waals surface area contributed by atoms with E-state index in [1.165, 1.54) is 12.4 Å². The van der Waals surface area contributed by atoms with Gasteiger partial charge in [-0.05, 0) is 12.8 Å². The molecule has 8 heteroatoms. The Kier molecular flexibility index (Phi) is 4.50. The van der Waals surface area contributed by atoms with E-state index in [1.807, 2.05) is 25.1 Å². The first kappa shape index (κ1) is 15.4. The number of piperidine rings is 1. The highest BCUT2D eigenvalue weighted by atomic mass is 19.1. The van der Waals surface area contributed by atoms with E-state index in [9.17, 15) is 4.39 Å². The molecule has 1 saturated heterocycles. The molecule has 0 spiro atoms. The number of nitrogens with one attached hydrogen (secondary N) is 1. The summed E-state index contributed by atoms with van der Waals surface area (Å²) in [5.74, 6) is 1.81. The summed E-state index contributed by atoms with van der Waals surface area (Å²) in [4.78, 5) is 20.6. The van der Waals surface area contributed by atoms with Crippen LogP contribution in [0.5, 0.6) is 0 Å². The fourth-order valence-corrected chi connectivity index (χ4v) is 2.63. The van der Waals surface area contributed by atoms with Crippen molar-refractivity contribution in [3.63, 3.8) is 0 Å². The molecule has 1 atom stereocenters. The van der Waals surface area contributed by atoms with Crippen molar-refractivity contribution in [2.45, 2.75) is 18.9 Å². The summed E-state index contributed by atoms with van der Waals surface area (Å²) in [6.45, 7) is 1.63. The molecule has 0 saturated carbocycles. The van der Waals surface area contributed by atoms with E-state index in [-0.39, 0.29) is 6.04 Å². The highest BCUT2D eigenvalue weighted by Gasteiger charge is 2.22. The topological polar surface area (TPSA) is 70.1 Å².